The maximum Gasteiger partial charge on any atom is 0.387 e. The molecule has 1 saturated carbocycles. The molecule has 1 saturated heterocycles. The number of amides is 1. The molecule has 0 radical (unpaired) electrons. The number of aromatic nitrogens is 2. The van der Waals surface area contributed by atoms with E-state index in [1.165, 1.54) is 11.6 Å². The van der Waals surface area contributed by atoms with Crippen LogP contribution in [0, 0.1) is 5.92 Å². The highest BCUT2D eigenvalue weighted by Gasteiger charge is 2.30. The highest BCUT2D eigenvalue weighted by atomic mass is 19.3. The minimum absolute atomic E-state index is 0.0655. The average molecular weight is 528 g/mol. The number of nitrogens with zero attached hydrogens (tertiary/aromatic N) is 4. The summed E-state index contributed by atoms with van der Waals surface area (Å²) in [5.41, 5.74) is 7.94. The predicted molar refractivity (Wildman–Crippen MR) is 135 cm³/mol. The minimum atomic E-state index is -2.98. The molecule has 2 aromatic heterocycles. The fourth-order valence-electron chi connectivity index (χ4n) is 4.36. The Morgan fingerprint density at radius 3 is 2.53 bits per heavy atom. The first kappa shape index (κ1) is 26.1. The van der Waals surface area contributed by atoms with Crippen molar-refractivity contribution in [3.63, 3.8) is 0 Å². The summed E-state index contributed by atoms with van der Waals surface area (Å²) >= 11 is 0. The fourth-order valence-corrected chi connectivity index (χ4v) is 4.36. The van der Waals surface area contributed by atoms with Gasteiger partial charge in [0.05, 0.1) is 12.6 Å². The van der Waals surface area contributed by atoms with E-state index in [-0.39, 0.29) is 34.8 Å². The van der Waals surface area contributed by atoms with E-state index in [1.807, 2.05) is 12.1 Å². The molecule has 202 valence electrons. The quantitative estimate of drug-likeness (QED) is 0.420. The summed E-state index contributed by atoms with van der Waals surface area (Å²) in [7, 11) is 0. The van der Waals surface area contributed by atoms with Crippen LogP contribution < -0.4 is 15.2 Å². The van der Waals surface area contributed by atoms with Crippen LogP contribution in [0.5, 0.6) is 11.5 Å². The van der Waals surface area contributed by atoms with Gasteiger partial charge in [-0.25, -0.2) is 4.98 Å². The summed E-state index contributed by atoms with van der Waals surface area (Å²) in [6.45, 7) is 2.48. The number of nitrogens with two attached hydrogens (primary N) is 1. The molecule has 5 rings (SSSR count). The van der Waals surface area contributed by atoms with Crippen molar-refractivity contribution in [3.05, 3.63) is 59.7 Å². The molecule has 0 bridgehead atoms. The van der Waals surface area contributed by atoms with Gasteiger partial charge >= 0.3 is 6.61 Å². The molecule has 1 aromatic carbocycles. The standard InChI is InChI=1S/C27H31F2N5O4/c1-17(30)24-23(26(35)34-12-10-33(11-13-34)15-18-6-8-31-9-7-18)32-25(38-24)20-4-5-21(37-27(28)29)22(14-20)36-16-19-2-3-19/h4-9,14,17,19,27H,2-3,10-13,15-16,30H2,1H3/t17-/m0/s1. The monoisotopic (exact) mass is 527 g/mol. The summed E-state index contributed by atoms with van der Waals surface area (Å²) in [5, 5.41) is 0. The van der Waals surface area contributed by atoms with Crippen LogP contribution in [0.2, 0.25) is 0 Å². The molecule has 2 fully saturated rings. The number of carbonyl (C=O) groups excluding carboxylic acids is 1. The molecule has 11 heteroatoms. The third-order valence-corrected chi connectivity index (χ3v) is 6.66. The number of hydrogen-bond donors (Lipinski definition) is 1. The van der Waals surface area contributed by atoms with Crippen molar-refractivity contribution < 1.29 is 27.5 Å². The number of piperazine rings is 1. The molecule has 1 amide bonds. The number of benzene rings is 1. The van der Waals surface area contributed by atoms with Gasteiger partial charge in [-0.05, 0) is 61.6 Å². The smallest absolute Gasteiger partial charge is 0.387 e. The molecule has 2 N–H and O–H groups in total. The lowest BCUT2D eigenvalue weighted by atomic mass is 10.2. The number of ether oxygens (including phenoxy) is 2. The molecule has 1 aliphatic heterocycles. The first-order valence-corrected chi connectivity index (χ1v) is 12.8. The third kappa shape index (κ3) is 6.28. The Bertz CT molecular complexity index is 1240. The average Bonchev–Trinajstić information content (AvgIpc) is 3.63. The van der Waals surface area contributed by atoms with Crippen LogP contribution in [0.25, 0.3) is 11.5 Å². The maximum absolute atomic E-state index is 13.5. The van der Waals surface area contributed by atoms with E-state index in [0.29, 0.717) is 31.2 Å². The number of halogens is 2. The number of alkyl halides is 2. The van der Waals surface area contributed by atoms with Gasteiger partial charge in [-0.3, -0.25) is 14.7 Å². The van der Waals surface area contributed by atoms with Crippen LogP contribution >= 0.6 is 0 Å². The topological polar surface area (TPSA) is 107 Å². The largest absolute Gasteiger partial charge is 0.489 e. The van der Waals surface area contributed by atoms with Gasteiger partial charge in [-0.15, -0.1) is 0 Å². The van der Waals surface area contributed by atoms with Crippen LogP contribution in [0.1, 0.15) is 47.6 Å². The van der Waals surface area contributed by atoms with Crippen LogP contribution in [-0.4, -0.2) is 65.1 Å². The first-order valence-electron chi connectivity index (χ1n) is 12.8. The Labute approximate surface area is 219 Å². The predicted octanol–water partition coefficient (Wildman–Crippen LogP) is 4.10. The Morgan fingerprint density at radius 1 is 1.13 bits per heavy atom. The summed E-state index contributed by atoms with van der Waals surface area (Å²) in [6.07, 6.45) is 5.64. The molecule has 0 spiro atoms. The number of rotatable bonds is 10. The van der Waals surface area contributed by atoms with E-state index in [4.69, 9.17) is 14.9 Å². The SMILES string of the molecule is C[C@H](N)c1oc(-c2ccc(OC(F)F)c(OCC3CC3)c2)nc1C(=O)N1CCN(Cc2ccncc2)CC1. The highest BCUT2D eigenvalue weighted by molar-refractivity contribution is 5.94. The first-order chi connectivity index (χ1) is 18.4. The Kier molecular flexibility index (Phi) is 7.85. The normalized spacial score (nSPS) is 17.0. The number of carbonyl (C=O) groups is 1. The van der Waals surface area contributed by atoms with Crippen LogP contribution in [0.3, 0.4) is 0 Å². The molecular formula is C27H31F2N5O4. The Balaban J connectivity index is 1.32. The van der Waals surface area contributed by atoms with E-state index in [9.17, 15) is 13.6 Å². The lowest BCUT2D eigenvalue weighted by molar-refractivity contribution is -0.0515. The Hall–Kier alpha value is -3.57. The summed E-state index contributed by atoms with van der Waals surface area (Å²) in [6, 6.07) is 7.88. The van der Waals surface area contributed by atoms with Crippen LogP contribution in [0.15, 0.2) is 47.1 Å². The second-order valence-corrected chi connectivity index (χ2v) is 9.74. The minimum Gasteiger partial charge on any atom is -0.489 e. The molecule has 38 heavy (non-hydrogen) atoms. The van der Waals surface area contributed by atoms with Gasteiger partial charge in [0.2, 0.25) is 5.89 Å². The van der Waals surface area contributed by atoms with Crippen molar-refractivity contribution in [1.82, 2.24) is 19.8 Å². The zero-order chi connectivity index (χ0) is 26.6. The molecule has 3 aromatic rings. The van der Waals surface area contributed by atoms with E-state index in [1.54, 1.807) is 36.4 Å². The Morgan fingerprint density at radius 2 is 1.87 bits per heavy atom. The number of pyridine rings is 1. The van der Waals surface area contributed by atoms with Gasteiger partial charge in [-0.2, -0.15) is 8.78 Å². The van der Waals surface area contributed by atoms with Crippen molar-refractivity contribution in [1.29, 1.82) is 0 Å². The molecule has 9 nitrogen and oxygen atoms in total. The van der Waals surface area contributed by atoms with E-state index in [0.717, 1.165) is 32.5 Å². The van der Waals surface area contributed by atoms with Crippen molar-refractivity contribution in [3.8, 4) is 23.0 Å². The molecular weight excluding hydrogens is 496 g/mol. The summed E-state index contributed by atoms with van der Waals surface area (Å²) in [4.78, 5) is 26.0. The van der Waals surface area contributed by atoms with Gasteiger partial charge in [0.15, 0.2) is 23.0 Å². The summed E-state index contributed by atoms with van der Waals surface area (Å²) < 4.78 is 42.2. The van der Waals surface area contributed by atoms with Gasteiger partial charge < -0.3 is 24.5 Å². The summed E-state index contributed by atoms with van der Waals surface area (Å²) in [5.74, 6) is 0.713. The number of oxazole rings is 1. The molecule has 3 heterocycles. The third-order valence-electron chi connectivity index (χ3n) is 6.66. The fraction of sp³-hybridized carbons (Fsp3) is 0.444. The highest BCUT2D eigenvalue weighted by Crippen LogP contribution is 2.37. The van der Waals surface area contributed by atoms with Crippen LogP contribution in [-0.2, 0) is 6.54 Å². The van der Waals surface area contributed by atoms with Crippen molar-refractivity contribution in [2.45, 2.75) is 39.0 Å². The molecule has 1 aliphatic carbocycles. The molecule has 0 unspecified atom stereocenters. The van der Waals surface area contributed by atoms with Crippen molar-refractivity contribution >= 4 is 5.91 Å². The van der Waals surface area contributed by atoms with Crippen molar-refractivity contribution in [2.24, 2.45) is 11.7 Å². The maximum atomic E-state index is 13.5. The van der Waals surface area contributed by atoms with Gasteiger partial charge in [0, 0.05) is 50.7 Å². The second-order valence-electron chi connectivity index (χ2n) is 9.74. The van der Waals surface area contributed by atoms with Crippen LogP contribution in [0.4, 0.5) is 8.78 Å². The van der Waals surface area contributed by atoms with Gasteiger partial charge in [-0.1, -0.05) is 0 Å². The van der Waals surface area contributed by atoms with E-state index in [2.05, 4.69) is 19.6 Å². The molecule has 1 atom stereocenters. The zero-order valence-corrected chi connectivity index (χ0v) is 21.2. The molecule has 2 aliphatic rings. The van der Waals surface area contributed by atoms with E-state index < -0.39 is 12.7 Å². The van der Waals surface area contributed by atoms with Gasteiger partial charge in [0.1, 0.15) is 0 Å². The lowest BCUT2D eigenvalue weighted by Crippen LogP contribution is -2.48. The van der Waals surface area contributed by atoms with Crippen molar-refractivity contribution in [2.75, 3.05) is 32.8 Å². The number of hydrogen-bond acceptors (Lipinski definition) is 8. The second kappa shape index (κ2) is 11.4. The van der Waals surface area contributed by atoms with Gasteiger partial charge in [0.25, 0.3) is 5.91 Å². The zero-order valence-electron chi connectivity index (χ0n) is 21.2. The lowest BCUT2D eigenvalue weighted by Gasteiger charge is -2.34. The van der Waals surface area contributed by atoms with E-state index >= 15 is 0 Å².